The van der Waals surface area contributed by atoms with Gasteiger partial charge in [0.25, 0.3) is 0 Å². The zero-order valence-corrected chi connectivity index (χ0v) is 15.0. The fourth-order valence-electron chi connectivity index (χ4n) is 2.32. The normalized spacial score (nSPS) is 10.7. The molecular weight excluding hydrogens is 394 g/mol. The van der Waals surface area contributed by atoms with Gasteiger partial charge in [0.15, 0.2) is 23.3 Å². The lowest BCUT2D eigenvalue weighted by atomic mass is 10.2. The van der Waals surface area contributed by atoms with Crippen LogP contribution in [0.1, 0.15) is 5.56 Å². The Bertz CT molecular complexity index is 1040. The molecule has 0 fully saturated rings. The minimum Gasteiger partial charge on any atom is -0.363 e. The summed E-state index contributed by atoms with van der Waals surface area (Å²) in [6.45, 7) is -0.535. The molecule has 12 heteroatoms. The number of hydrogen-bond donors (Lipinski definition) is 3. The van der Waals surface area contributed by atoms with Crippen LogP contribution >= 0.6 is 0 Å². The number of anilines is 3. The van der Waals surface area contributed by atoms with E-state index in [1.54, 1.807) is 0 Å². The molecule has 0 bridgehead atoms. The van der Waals surface area contributed by atoms with Gasteiger partial charge in [0.05, 0.1) is 18.1 Å². The van der Waals surface area contributed by atoms with E-state index in [0.29, 0.717) is 11.8 Å². The van der Waals surface area contributed by atoms with Crippen LogP contribution < -0.4 is 16.0 Å². The first-order chi connectivity index (χ1) is 13.9. The molecule has 0 saturated heterocycles. The largest absolute Gasteiger partial charge is 0.363 e. The first kappa shape index (κ1) is 20.0. The number of hydrogen-bond acceptors (Lipinski definition) is 6. The van der Waals surface area contributed by atoms with E-state index in [-0.39, 0.29) is 24.2 Å². The van der Waals surface area contributed by atoms with Gasteiger partial charge < -0.3 is 16.0 Å². The highest BCUT2D eigenvalue weighted by molar-refractivity contribution is 5.75. The summed E-state index contributed by atoms with van der Waals surface area (Å²) in [6.07, 6.45) is 3.76. The van der Waals surface area contributed by atoms with E-state index in [1.165, 1.54) is 24.1 Å². The molecule has 1 amide bonds. The molecule has 3 aromatic rings. The Morgan fingerprint density at radius 3 is 2.62 bits per heavy atom. The van der Waals surface area contributed by atoms with Crippen molar-refractivity contribution in [2.24, 2.45) is 0 Å². The lowest BCUT2D eigenvalue weighted by molar-refractivity contribution is -0.121. The van der Waals surface area contributed by atoms with Gasteiger partial charge in [-0.1, -0.05) is 0 Å². The number of nitrogens with one attached hydrogen (secondary N) is 3. The third-order valence-electron chi connectivity index (χ3n) is 3.79. The number of carbonyl (C=O) groups is 1. The molecule has 29 heavy (non-hydrogen) atoms. The summed E-state index contributed by atoms with van der Waals surface area (Å²) in [5, 5.41) is 11.6. The van der Waals surface area contributed by atoms with Gasteiger partial charge in [-0.25, -0.2) is 22.5 Å². The summed E-state index contributed by atoms with van der Waals surface area (Å²) in [5.74, 6) is -5.06. The number of benzene rings is 1. The Balaban J connectivity index is 1.72. The molecule has 2 heterocycles. The van der Waals surface area contributed by atoms with E-state index >= 15 is 0 Å². The summed E-state index contributed by atoms with van der Waals surface area (Å²) in [6, 6.07) is 1.43. The molecule has 2 aromatic heterocycles. The topological polar surface area (TPSA) is 96.8 Å². The van der Waals surface area contributed by atoms with Crippen LogP contribution in [0.2, 0.25) is 0 Å². The molecule has 1 aromatic carbocycles. The summed E-state index contributed by atoms with van der Waals surface area (Å²) < 4.78 is 56.0. The van der Waals surface area contributed by atoms with E-state index in [2.05, 4.69) is 31.0 Å². The minimum atomic E-state index is -1.37. The standard InChI is InChI=1S/C17H15F4N7O/c1-22-14(29)8-28-7-9(4-25-28)26-17-24-6-13(20)16(27-17)23-5-10-11(18)2-3-12(19)15(10)21/h2-4,6-7H,5,8H2,1H3,(H,22,29)(H2,23,24,26,27). The van der Waals surface area contributed by atoms with Gasteiger partial charge in [0.1, 0.15) is 12.4 Å². The number of likely N-dealkylation sites (N-methyl/N-ethyl adjacent to an activating group) is 1. The Kier molecular flexibility index (Phi) is 5.90. The van der Waals surface area contributed by atoms with Gasteiger partial charge in [0.2, 0.25) is 11.9 Å². The predicted molar refractivity (Wildman–Crippen MR) is 95.2 cm³/mol. The number of aromatic nitrogens is 4. The van der Waals surface area contributed by atoms with Crippen LogP contribution in [-0.4, -0.2) is 32.7 Å². The van der Waals surface area contributed by atoms with Crippen LogP contribution in [0.5, 0.6) is 0 Å². The van der Waals surface area contributed by atoms with Gasteiger partial charge in [-0.2, -0.15) is 10.1 Å². The fraction of sp³-hybridized carbons (Fsp3) is 0.176. The quantitative estimate of drug-likeness (QED) is 0.410. The molecule has 0 aliphatic heterocycles. The molecule has 8 nitrogen and oxygen atoms in total. The Morgan fingerprint density at radius 1 is 1.10 bits per heavy atom. The second-order valence-corrected chi connectivity index (χ2v) is 5.79. The van der Waals surface area contributed by atoms with Crippen LogP contribution in [0.3, 0.4) is 0 Å². The third-order valence-corrected chi connectivity index (χ3v) is 3.79. The van der Waals surface area contributed by atoms with Crippen molar-refractivity contribution in [1.82, 2.24) is 25.1 Å². The van der Waals surface area contributed by atoms with Crippen molar-refractivity contribution in [1.29, 1.82) is 0 Å². The van der Waals surface area contributed by atoms with Crippen molar-refractivity contribution in [3.8, 4) is 0 Å². The Hall–Kier alpha value is -3.70. The highest BCUT2D eigenvalue weighted by Gasteiger charge is 2.15. The smallest absolute Gasteiger partial charge is 0.241 e. The van der Waals surface area contributed by atoms with Gasteiger partial charge in [-0.15, -0.1) is 0 Å². The number of amides is 1. The highest BCUT2D eigenvalue weighted by atomic mass is 19.2. The molecule has 3 N–H and O–H groups in total. The van der Waals surface area contributed by atoms with Crippen molar-refractivity contribution < 1.29 is 22.4 Å². The van der Waals surface area contributed by atoms with Crippen molar-refractivity contribution in [3.63, 3.8) is 0 Å². The van der Waals surface area contributed by atoms with Crippen LogP contribution in [0.15, 0.2) is 30.7 Å². The monoisotopic (exact) mass is 409 g/mol. The number of carbonyl (C=O) groups excluding carboxylic acids is 1. The molecular formula is C17H15F4N7O. The second kappa shape index (κ2) is 8.54. The van der Waals surface area contributed by atoms with E-state index < -0.39 is 35.4 Å². The zero-order chi connectivity index (χ0) is 21.0. The van der Waals surface area contributed by atoms with E-state index in [0.717, 1.165) is 12.3 Å². The van der Waals surface area contributed by atoms with E-state index in [1.807, 2.05) is 0 Å². The average molecular weight is 409 g/mol. The van der Waals surface area contributed by atoms with E-state index in [4.69, 9.17) is 0 Å². The van der Waals surface area contributed by atoms with Crippen molar-refractivity contribution in [3.05, 3.63) is 59.6 Å². The van der Waals surface area contributed by atoms with Crippen molar-refractivity contribution >= 4 is 23.4 Å². The van der Waals surface area contributed by atoms with Gasteiger partial charge in [-0.3, -0.25) is 9.48 Å². The Morgan fingerprint density at radius 2 is 1.86 bits per heavy atom. The van der Waals surface area contributed by atoms with Gasteiger partial charge >= 0.3 is 0 Å². The predicted octanol–water partition coefficient (Wildman–Crippen LogP) is 2.33. The van der Waals surface area contributed by atoms with Crippen LogP contribution in [0, 0.1) is 23.3 Å². The zero-order valence-electron chi connectivity index (χ0n) is 15.0. The molecule has 0 unspecified atom stereocenters. The maximum Gasteiger partial charge on any atom is 0.241 e. The second-order valence-electron chi connectivity index (χ2n) is 5.79. The molecule has 0 aliphatic rings. The maximum atomic E-state index is 13.9. The molecule has 0 radical (unpaired) electrons. The third kappa shape index (κ3) is 4.78. The van der Waals surface area contributed by atoms with Crippen molar-refractivity contribution in [2.45, 2.75) is 13.1 Å². The van der Waals surface area contributed by atoms with E-state index in [9.17, 15) is 22.4 Å². The summed E-state index contributed by atoms with van der Waals surface area (Å²) in [7, 11) is 1.49. The molecule has 0 saturated carbocycles. The number of nitrogens with zero attached hydrogens (tertiary/aromatic N) is 4. The summed E-state index contributed by atoms with van der Waals surface area (Å²) in [5.41, 5.74) is -0.165. The average Bonchev–Trinajstić information content (AvgIpc) is 3.13. The number of halogens is 4. The van der Waals surface area contributed by atoms with Crippen molar-refractivity contribution in [2.75, 3.05) is 17.7 Å². The fourth-order valence-corrected chi connectivity index (χ4v) is 2.32. The summed E-state index contributed by atoms with van der Waals surface area (Å²) >= 11 is 0. The molecule has 0 spiro atoms. The Labute approximate surface area is 162 Å². The first-order valence-electron chi connectivity index (χ1n) is 8.26. The molecule has 3 rings (SSSR count). The number of rotatable bonds is 7. The molecule has 0 atom stereocenters. The van der Waals surface area contributed by atoms with Gasteiger partial charge in [0, 0.05) is 25.4 Å². The van der Waals surface area contributed by atoms with Crippen LogP contribution in [0.4, 0.5) is 35.0 Å². The summed E-state index contributed by atoms with van der Waals surface area (Å²) in [4.78, 5) is 19.0. The maximum absolute atomic E-state index is 13.9. The lowest BCUT2D eigenvalue weighted by Gasteiger charge is -2.10. The lowest BCUT2D eigenvalue weighted by Crippen LogP contribution is -2.23. The SMILES string of the molecule is CNC(=O)Cn1cc(Nc2ncc(F)c(NCc3c(F)ccc(F)c3F)n2)cn1. The van der Waals surface area contributed by atoms with Crippen LogP contribution in [-0.2, 0) is 17.9 Å². The van der Waals surface area contributed by atoms with Gasteiger partial charge in [-0.05, 0) is 12.1 Å². The van der Waals surface area contributed by atoms with Crippen LogP contribution in [0.25, 0.3) is 0 Å². The minimum absolute atomic E-state index is 0.0000238. The molecule has 0 aliphatic carbocycles. The highest BCUT2D eigenvalue weighted by Crippen LogP contribution is 2.20. The first-order valence-corrected chi connectivity index (χ1v) is 8.26. The molecule has 152 valence electrons.